The third-order valence-corrected chi connectivity index (χ3v) is 2.61. The van der Waals surface area contributed by atoms with Crippen LogP contribution in [0.15, 0.2) is 18.2 Å². The monoisotopic (exact) mass is 211 g/mol. The van der Waals surface area contributed by atoms with Gasteiger partial charge in [0.1, 0.15) is 11.6 Å². The van der Waals surface area contributed by atoms with E-state index in [-0.39, 0.29) is 11.8 Å². The van der Waals surface area contributed by atoms with E-state index in [0.717, 1.165) is 18.1 Å². The summed E-state index contributed by atoms with van der Waals surface area (Å²) in [7, 11) is 0. The van der Waals surface area contributed by atoms with Gasteiger partial charge in [0, 0.05) is 23.7 Å². The molecule has 0 bridgehead atoms. The third-order valence-electron chi connectivity index (χ3n) is 2.61. The van der Waals surface area contributed by atoms with Crippen molar-refractivity contribution < 1.29 is 9.50 Å². The molecule has 0 spiro atoms. The Kier molecular flexibility index (Phi) is 4.09. The van der Waals surface area contributed by atoms with Crippen molar-refractivity contribution in [1.29, 1.82) is 0 Å². The minimum absolute atomic E-state index is 0.0123. The Morgan fingerprint density at radius 1 is 1.40 bits per heavy atom. The predicted molar refractivity (Wildman–Crippen MR) is 59.4 cm³/mol. The molecule has 0 aliphatic carbocycles. The van der Waals surface area contributed by atoms with Gasteiger partial charge < -0.3 is 10.4 Å². The number of rotatable bonds is 4. The zero-order valence-corrected chi connectivity index (χ0v) is 9.42. The number of phenols is 1. The van der Waals surface area contributed by atoms with Gasteiger partial charge in [0.25, 0.3) is 0 Å². The van der Waals surface area contributed by atoms with Crippen molar-refractivity contribution in [3.05, 3.63) is 29.6 Å². The lowest BCUT2D eigenvalue weighted by atomic mass is 10.1. The number of benzene rings is 1. The van der Waals surface area contributed by atoms with Crippen molar-refractivity contribution in [2.24, 2.45) is 0 Å². The third kappa shape index (κ3) is 3.20. The van der Waals surface area contributed by atoms with Crippen molar-refractivity contribution in [3.8, 4) is 5.75 Å². The first kappa shape index (κ1) is 12.0. The van der Waals surface area contributed by atoms with E-state index in [4.69, 9.17) is 0 Å². The Bertz CT molecular complexity index is 327. The molecule has 1 aromatic rings. The van der Waals surface area contributed by atoms with E-state index in [1.807, 2.05) is 6.92 Å². The molecule has 0 aliphatic heterocycles. The zero-order chi connectivity index (χ0) is 11.4. The van der Waals surface area contributed by atoms with E-state index in [1.165, 1.54) is 6.07 Å². The molecule has 0 heterocycles. The van der Waals surface area contributed by atoms with E-state index < -0.39 is 5.82 Å². The summed E-state index contributed by atoms with van der Waals surface area (Å²) < 4.78 is 12.8. The molecule has 15 heavy (non-hydrogen) atoms. The van der Waals surface area contributed by atoms with Crippen molar-refractivity contribution in [1.82, 2.24) is 5.32 Å². The van der Waals surface area contributed by atoms with Crippen LogP contribution in [0.4, 0.5) is 4.39 Å². The smallest absolute Gasteiger partial charge is 0.126 e. The van der Waals surface area contributed by atoms with Gasteiger partial charge >= 0.3 is 0 Å². The second-order valence-electron chi connectivity index (χ2n) is 3.90. The fourth-order valence-corrected chi connectivity index (χ4v) is 1.52. The molecule has 2 atom stereocenters. The Morgan fingerprint density at radius 3 is 2.60 bits per heavy atom. The minimum Gasteiger partial charge on any atom is -0.508 e. The van der Waals surface area contributed by atoms with Gasteiger partial charge in [-0.05, 0) is 26.3 Å². The summed E-state index contributed by atoms with van der Waals surface area (Å²) in [5.74, 6) is -0.398. The molecule has 2 N–H and O–H groups in total. The number of phenolic OH excluding ortho intramolecular Hbond substituents is 1. The Hall–Kier alpha value is -1.09. The van der Waals surface area contributed by atoms with E-state index in [2.05, 4.69) is 19.2 Å². The molecule has 2 nitrogen and oxygen atoms in total. The largest absolute Gasteiger partial charge is 0.508 e. The van der Waals surface area contributed by atoms with Gasteiger partial charge in [0.15, 0.2) is 0 Å². The van der Waals surface area contributed by atoms with Gasteiger partial charge in [-0.25, -0.2) is 4.39 Å². The summed E-state index contributed by atoms with van der Waals surface area (Å²) in [5.41, 5.74) is 0.733. The highest BCUT2D eigenvalue weighted by molar-refractivity contribution is 5.34. The SMILES string of the molecule is CC[C@H](C)N[C@@H](C)c1ccc(F)cc1O. The fraction of sp³-hybridized carbons (Fsp3) is 0.500. The number of halogens is 1. The van der Waals surface area contributed by atoms with Crippen LogP contribution < -0.4 is 5.32 Å². The van der Waals surface area contributed by atoms with Crippen molar-refractivity contribution >= 4 is 0 Å². The summed E-state index contributed by atoms with van der Waals surface area (Å²) in [6.45, 7) is 6.13. The quantitative estimate of drug-likeness (QED) is 0.802. The van der Waals surface area contributed by atoms with Gasteiger partial charge in [0.05, 0.1) is 0 Å². The van der Waals surface area contributed by atoms with Gasteiger partial charge in [-0.3, -0.25) is 0 Å². The average molecular weight is 211 g/mol. The van der Waals surface area contributed by atoms with Gasteiger partial charge in [0.2, 0.25) is 0 Å². The van der Waals surface area contributed by atoms with E-state index >= 15 is 0 Å². The molecule has 0 aromatic heterocycles. The van der Waals surface area contributed by atoms with Crippen LogP contribution >= 0.6 is 0 Å². The molecule has 84 valence electrons. The molecule has 0 saturated heterocycles. The summed E-state index contributed by atoms with van der Waals surface area (Å²) >= 11 is 0. The average Bonchev–Trinajstić information content (AvgIpc) is 2.17. The first-order chi connectivity index (χ1) is 7.04. The van der Waals surface area contributed by atoms with Crippen LogP contribution in [-0.2, 0) is 0 Å². The lowest BCUT2D eigenvalue weighted by Crippen LogP contribution is -2.28. The Labute approximate surface area is 90.1 Å². The highest BCUT2D eigenvalue weighted by atomic mass is 19.1. The van der Waals surface area contributed by atoms with Crippen LogP contribution in [0.25, 0.3) is 0 Å². The lowest BCUT2D eigenvalue weighted by molar-refractivity contribution is 0.427. The number of nitrogens with one attached hydrogen (secondary N) is 1. The van der Waals surface area contributed by atoms with Crippen molar-refractivity contribution in [3.63, 3.8) is 0 Å². The first-order valence-corrected chi connectivity index (χ1v) is 5.29. The predicted octanol–water partition coefficient (Wildman–Crippen LogP) is 2.98. The second-order valence-corrected chi connectivity index (χ2v) is 3.90. The number of aromatic hydroxyl groups is 1. The molecular formula is C12H18FNO. The highest BCUT2D eigenvalue weighted by Crippen LogP contribution is 2.25. The fourth-order valence-electron chi connectivity index (χ4n) is 1.52. The first-order valence-electron chi connectivity index (χ1n) is 5.29. The van der Waals surface area contributed by atoms with E-state index in [1.54, 1.807) is 6.07 Å². The van der Waals surface area contributed by atoms with Crippen LogP contribution in [0.3, 0.4) is 0 Å². The van der Waals surface area contributed by atoms with E-state index in [9.17, 15) is 9.50 Å². The molecular weight excluding hydrogens is 193 g/mol. The minimum atomic E-state index is -0.410. The highest BCUT2D eigenvalue weighted by Gasteiger charge is 2.12. The number of hydrogen-bond donors (Lipinski definition) is 2. The molecule has 3 heteroatoms. The summed E-state index contributed by atoms with van der Waals surface area (Å²) in [4.78, 5) is 0. The summed E-state index contributed by atoms with van der Waals surface area (Å²) in [5, 5.41) is 12.9. The van der Waals surface area contributed by atoms with Crippen molar-refractivity contribution in [2.75, 3.05) is 0 Å². The van der Waals surface area contributed by atoms with Crippen LogP contribution in [0.2, 0.25) is 0 Å². The number of hydrogen-bond acceptors (Lipinski definition) is 2. The van der Waals surface area contributed by atoms with Crippen LogP contribution in [0.1, 0.15) is 38.8 Å². The summed E-state index contributed by atoms with van der Waals surface area (Å²) in [6, 6.07) is 4.53. The van der Waals surface area contributed by atoms with Gasteiger partial charge in [-0.2, -0.15) is 0 Å². The Morgan fingerprint density at radius 2 is 2.07 bits per heavy atom. The second kappa shape index (κ2) is 5.12. The standard InChI is InChI=1S/C12H18FNO/c1-4-8(2)14-9(3)11-6-5-10(13)7-12(11)15/h5-9,14-15H,4H2,1-3H3/t8-,9-/m0/s1. The molecule has 0 aliphatic rings. The Balaban J connectivity index is 2.77. The van der Waals surface area contributed by atoms with Crippen LogP contribution in [-0.4, -0.2) is 11.1 Å². The zero-order valence-electron chi connectivity index (χ0n) is 9.42. The van der Waals surface area contributed by atoms with E-state index in [0.29, 0.717) is 6.04 Å². The normalized spacial score (nSPS) is 14.9. The maximum Gasteiger partial charge on any atom is 0.126 e. The molecule has 1 aromatic carbocycles. The van der Waals surface area contributed by atoms with Crippen LogP contribution in [0.5, 0.6) is 5.75 Å². The van der Waals surface area contributed by atoms with Gasteiger partial charge in [-0.1, -0.05) is 13.0 Å². The maximum absolute atomic E-state index is 12.8. The lowest BCUT2D eigenvalue weighted by Gasteiger charge is -2.19. The molecule has 0 fully saturated rings. The summed E-state index contributed by atoms with van der Waals surface area (Å²) in [6.07, 6.45) is 1.02. The van der Waals surface area contributed by atoms with Gasteiger partial charge in [-0.15, -0.1) is 0 Å². The topological polar surface area (TPSA) is 32.3 Å². The molecule has 0 saturated carbocycles. The van der Waals surface area contributed by atoms with Crippen LogP contribution in [0, 0.1) is 5.82 Å². The molecule has 0 unspecified atom stereocenters. The molecule has 1 rings (SSSR count). The van der Waals surface area contributed by atoms with Crippen molar-refractivity contribution in [2.45, 2.75) is 39.3 Å². The molecule has 0 amide bonds. The molecule has 0 radical (unpaired) electrons. The maximum atomic E-state index is 12.8.